The van der Waals surface area contributed by atoms with Crippen molar-refractivity contribution in [3.63, 3.8) is 0 Å². The van der Waals surface area contributed by atoms with E-state index in [1.54, 1.807) is 0 Å². The highest BCUT2D eigenvalue weighted by Crippen LogP contribution is 2.61. The summed E-state index contributed by atoms with van der Waals surface area (Å²) < 4.78 is 0. The normalized spacial score (nSPS) is 41.2. The molecule has 1 atom stereocenters. The number of nitrogens with one attached hydrogen (secondary N) is 2. The Morgan fingerprint density at radius 1 is 1.16 bits per heavy atom. The van der Waals surface area contributed by atoms with Crippen LogP contribution in [0.4, 0.5) is 4.79 Å². The first-order valence-electron chi connectivity index (χ1n) is 7.84. The highest BCUT2D eigenvalue weighted by atomic mass is 16.2. The second kappa shape index (κ2) is 4.97. The molecule has 0 saturated heterocycles. The lowest BCUT2D eigenvalue weighted by molar-refractivity contribution is -0.0701. The van der Waals surface area contributed by atoms with Gasteiger partial charge in [-0.15, -0.1) is 0 Å². The quantitative estimate of drug-likeness (QED) is 0.664. The zero-order valence-corrected chi connectivity index (χ0v) is 12.0. The van der Waals surface area contributed by atoms with Crippen molar-refractivity contribution in [2.24, 2.45) is 28.9 Å². The molecule has 4 aliphatic carbocycles. The Bertz CT molecular complexity index is 320. The minimum atomic E-state index is -0.427. The minimum absolute atomic E-state index is 0.427. The summed E-state index contributed by atoms with van der Waals surface area (Å²) in [6, 6.07) is 0.139. The molecule has 4 fully saturated rings. The second-order valence-electron chi connectivity index (χ2n) is 7.25. The topological polar surface area (TPSA) is 67.2 Å². The van der Waals surface area contributed by atoms with Crippen LogP contribution in [0.5, 0.6) is 0 Å². The van der Waals surface area contributed by atoms with Crippen LogP contribution < -0.4 is 16.4 Å². The molecule has 2 amide bonds. The van der Waals surface area contributed by atoms with Crippen molar-refractivity contribution in [3.8, 4) is 0 Å². The van der Waals surface area contributed by atoms with Crippen LogP contribution in [0.2, 0.25) is 0 Å². The molecule has 4 saturated carbocycles. The second-order valence-corrected chi connectivity index (χ2v) is 7.25. The van der Waals surface area contributed by atoms with Crippen LogP contribution in [0.3, 0.4) is 0 Å². The maximum Gasteiger partial charge on any atom is 0.312 e. The molecule has 4 bridgehead atoms. The summed E-state index contributed by atoms with van der Waals surface area (Å²) in [5, 5.41) is 6.28. The number of amides is 2. The summed E-state index contributed by atoms with van der Waals surface area (Å²) in [7, 11) is 0. The Labute approximate surface area is 115 Å². The Morgan fingerprint density at radius 3 is 2.16 bits per heavy atom. The highest BCUT2D eigenvalue weighted by Gasteiger charge is 2.52. The first kappa shape index (κ1) is 13.2. The van der Waals surface area contributed by atoms with E-state index in [0.29, 0.717) is 18.0 Å². The number of urea groups is 1. The van der Waals surface area contributed by atoms with Crippen LogP contribution in [0.25, 0.3) is 0 Å². The monoisotopic (exact) mass is 265 g/mol. The van der Waals surface area contributed by atoms with Gasteiger partial charge in [0.2, 0.25) is 0 Å². The SMILES string of the molecule is CC(NCCNC(N)=O)C12CC3CC(CC(C3)C1)C2. The zero-order chi connectivity index (χ0) is 13.5. The van der Waals surface area contributed by atoms with E-state index >= 15 is 0 Å². The lowest BCUT2D eigenvalue weighted by Gasteiger charge is -2.59. The molecule has 4 rings (SSSR count). The third-order valence-electron chi connectivity index (χ3n) is 5.88. The van der Waals surface area contributed by atoms with Gasteiger partial charge in [0.25, 0.3) is 0 Å². The molecule has 0 spiro atoms. The van der Waals surface area contributed by atoms with Crippen molar-refractivity contribution < 1.29 is 4.79 Å². The molecule has 0 aromatic rings. The van der Waals surface area contributed by atoms with E-state index in [4.69, 9.17) is 5.73 Å². The van der Waals surface area contributed by atoms with Gasteiger partial charge in [0.1, 0.15) is 0 Å². The van der Waals surface area contributed by atoms with Crippen molar-refractivity contribution in [2.75, 3.05) is 13.1 Å². The molecule has 1 unspecified atom stereocenters. The fourth-order valence-electron chi connectivity index (χ4n) is 5.40. The molecule has 0 heterocycles. The van der Waals surface area contributed by atoms with E-state index in [2.05, 4.69) is 17.6 Å². The summed E-state index contributed by atoms with van der Waals surface area (Å²) in [4.78, 5) is 10.6. The van der Waals surface area contributed by atoms with Crippen molar-refractivity contribution >= 4 is 6.03 Å². The van der Waals surface area contributed by atoms with Gasteiger partial charge in [-0.2, -0.15) is 0 Å². The first-order valence-corrected chi connectivity index (χ1v) is 7.84. The van der Waals surface area contributed by atoms with Gasteiger partial charge in [-0.05, 0) is 68.6 Å². The summed E-state index contributed by atoms with van der Waals surface area (Å²) in [5.74, 6) is 3.00. The van der Waals surface area contributed by atoms with Gasteiger partial charge in [0.15, 0.2) is 0 Å². The van der Waals surface area contributed by atoms with Crippen LogP contribution in [0.15, 0.2) is 0 Å². The van der Waals surface area contributed by atoms with E-state index in [-0.39, 0.29) is 0 Å². The average Bonchev–Trinajstić information content (AvgIpc) is 2.32. The maximum atomic E-state index is 10.6. The van der Waals surface area contributed by atoms with Gasteiger partial charge in [-0.25, -0.2) is 4.79 Å². The Balaban J connectivity index is 1.54. The molecular formula is C15H27N3O. The number of hydrogen-bond acceptors (Lipinski definition) is 2. The smallest absolute Gasteiger partial charge is 0.312 e. The van der Waals surface area contributed by atoms with Crippen molar-refractivity contribution in [1.82, 2.24) is 10.6 Å². The van der Waals surface area contributed by atoms with E-state index in [0.717, 1.165) is 24.3 Å². The predicted molar refractivity (Wildman–Crippen MR) is 75.7 cm³/mol. The molecule has 0 aromatic carbocycles. The molecule has 19 heavy (non-hydrogen) atoms. The lowest BCUT2D eigenvalue weighted by Crippen LogP contribution is -2.55. The van der Waals surface area contributed by atoms with Crippen LogP contribution in [-0.4, -0.2) is 25.2 Å². The van der Waals surface area contributed by atoms with E-state index < -0.39 is 6.03 Å². The molecule has 0 aliphatic heterocycles. The molecule has 0 aromatic heterocycles. The summed E-state index contributed by atoms with van der Waals surface area (Å²) in [5.41, 5.74) is 5.62. The van der Waals surface area contributed by atoms with Gasteiger partial charge >= 0.3 is 6.03 Å². The predicted octanol–water partition coefficient (Wildman–Crippen LogP) is 1.85. The van der Waals surface area contributed by atoms with Crippen LogP contribution in [-0.2, 0) is 0 Å². The largest absolute Gasteiger partial charge is 0.352 e. The number of carbonyl (C=O) groups excluding carboxylic acids is 1. The van der Waals surface area contributed by atoms with Gasteiger partial charge in [0, 0.05) is 19.1 Å². The van der Waals surface area contributed by atoms with Crippen molar-refractivity contribution in [1.29, 1.82) is 0 Å². The van der Waals surface area contributed by atoms with Gasteiger partial charge in [-0.1, -0.05) is 0 Å². The van der Waals surface area contributed by atoms with E-state index in [1.165, 1.54) is 38.5 Å². The Kier molecular flexibility index (Phi) is 3.46. The van der Waals surface area contributed by atoms with E-state index in [1.807, 2.05) is 0 Å². The summed E-state index contributed by atoms with van der Waals surface area (Å²) in [6.45, 7) is 3.80. The fraction of sp³-hybridized carbons (Fsp3) is 0.933. The Hall–Kier alpha value is -0.770. The molecule has 4 heteroatoms. The molecule has 4 nitrogen and oxygen atoms in total. The number of primary amides is 1. The number of carbonyl (C=O) groups is 1. The van der Waals surface area contributed by atoms with Crippen LogP contribution >= 0.6 is 0 Å². The fourth-order valence-corrected chi connectivity index (χ4v) is 5.40. The minimum Gasteiger partial charge on any atom is -0.352 e. The highest BCUT2D eigenvalue weighted by molar-refractivity contribution is 5.71. The lowest BCUT2D eigenvalue weighted by atomic mass is 9.48. The van der Waals surface area contributed by atoms with Crippen LogP contribution in [0, 0.1) is 23.2 Å². The van der Waals surface area contributed by atoms with Gasteiger partial charge in [0.05, 0.1) is 0 Å². The Morgan fingerprint density at radius 2 is 1.68 bits per heavy atom. The molecule has 0 radical (unpaired) electrons. The number of hydrogen-bond donors (Lipinski definition) is 3. The number of rotatable bonds is 5. The van der Waals surface area contributed by atoms with E-state index in [9.17, 15) is 4.79 Å². The third kappa shape index (κ3) is 2.60. The first-order chi connectivity index (χ1) is 9.07. The molecule has 4 N–H and O–H groups in total. The molecule has 108 valence electrons. The standard InChI is InChI=1S/C15H27N3O/c1-10(17-2-3-18-14(16)19)15-7-11-4-12(8-15)6-13(5-11)9-15/h10-13,17H,2-9H2,1H3,(H3,16,18,19). The van der Waals surface area contributed by atoms with Crippen molar-refractivity contribution in [3.05, 3.63) is 0 Å². The maximum absolute atomic E-state index is 10.6. The zero-order valence-electron chi connectivity index (χ0n) is 12.0. The van der Waals surface area contributed by atoms with Crippen molar-refractivity contribution in [2.45, 2.75) is 51.5 Å². The third-order valence-corrected chi connectivity index (χ3v) is 5.88. The molecular weight excluding hydrogens is 238 g/mol. The summed E-state index contributed by atoms with van der Waals surface area (Å²) >= 11 is 0. The van der Waals surface area contributed by atoms with Crippen LogP contribution in [0.1, 0.15) is 45.4 Å². The average molecular weight is 265 g/mol. The number of nitrogens with two attached hydrogens (primary N) is 1. The van der Waals surface area contributed by atoms with Gasteiger partial charge < -0.3 is 16.4 Å². The summed E-state index contributed by atoms with van der Waals surface area (Å²) in [6.07, 6.45) is 8.77. The van der Waals surface area contributed by atoms with Gasteiger partial charge in [-0.3, -0.25) is 0 Å². The molecule has 4 aliphatic rings.